The first-order valence-corrected chi connectivity index (χ1v) is 4.74. The van der Waals surface area contributed by atoms with Crippen molar-refractivity contribution in [3.05, 3.63) is 36.4 Å². The average molecular weight is 204 g/mol. The monoisotopic (exact) mass is 204 g/mol. The minimum absolute atomic E-state index is 0.212. The Morgan fingerprint density at radius 2 is 1.73 bits per heavy atom. The number of phenols is 1. The lowest BCUT2D eigenvalue weighted by Crippen LogP contribution is -2.09. The van der Waals surface area contributed by atoms with Gasteiger partial charge >= 0.3 is 0 Å². The molecule has 0 bridgehead atoms. The summed E-state index contributed by atoms with van der Waals surface area (Å²) in [7, 11) is 0. The van der Waals surface area contributed by atoms with E-state index in [1.807, 2.05) is 6.07 Å². The summed E-state index contributed by atoms with van der Waals surface area (Å²) in [6.07, 6.45) is -0.863. The van der Waals surface area contributed by atoms with Gasteiger partial charge in [-0.2, -0.15) is 0 Å². The summed E-state index contributed by atoms with van der Waals surface area (Å²) in [6.45, 7) is 1.54. The van der Waals surface area contributed by atoms with Gasteiger partial charge in [0.1, 0.15) is 11.5 Å². The molecule has 0 saturated heterocycles. The third-order valence-electron chi connectivity index (χ3n) is 2.16. The number of aliphatic hydroxyl groups is 1. The van der Waals surface area contributed by atoms with Crippen LogP contribution in [-0.2, 0) is 0 Å². The van der Waals surface area contributed by atoms with Gasteiger partial charge in [-0.15, -0.1) is 0 Å². The molecule has 3 nitrogen and oxygen atoms in total. The van der Waals surface area contributed by atoms with E-state index in [-0.39, 0.29) is 5.75 Å². The first kappa shape index (κ1) is 9.80. The van der Waals surface area contributed by atoms with Crippen LogP contribution < -0.4 is 4.74 Å². The first-order chi connectivity index (χ1) is 7.18. The maximum atomic E-state index is 9.61. The van der Waals surface area contributed by atoms with E-state index in [9.17, 15) is 5.11 Å². The lowest BCUT2D eigenvalue weighted by molar-refractivity contribution is 0.000868. The molecule has 0 amide bonds. The molecule has 0 aromatic heterocycles. The highest BCUT2D eigenvalue weighted by Gasteiger charge is 2.06. The van der Waals surface area contributed by atoms with Gasteiger partial charge in [0.15, 0.2) is 6.29 Å². The molecule has 0 saturated carbocycles. The minimum atomic E-state index is -0.863. The van der Waals surface area contributed by atoms with Crippen LogP contribution in [0.3, 0.4) is 0 Å². The Labute approximate surface area is 87.5 Å². The molecule has 0 spiro atoms. The summed E-state index contributed by atoms with van der Waals surface area (Å²) in [4.78, 5) is 0. The SMILES string of the molecule is CC(O)Oc1cccc2c(O)cccc12. The molecule has 3 heteroatoms. The molecule has 0 fully saturated rings. The van der Waals surface area contributed by atoms with Gasteiger partial charge in [0.05, 0.1) is 0 Å². The Morgan fingerprint density at radius 3 is 2.47 bits per heavy atom. The van der Waals surface area contributed by atoms with Crippen LogP contribution in [0.5, 0.6) is 11.5 Å². The maximum absolute atomic E-state index is 9.61. The molecule has 1 unspecified atom stereocenters. The fraction of sp³-hybridized carbons (Fsp3) is 0.167. The standard InChI is InChI=1S/C12H12O3/c1-8(13)15-12-7-3-4-9-10(12)5-2-6-11(9)14/h2-8,13-14H,1H3. The molecular weight excluding hydrogens is 192 g/mol. The molecule has 15 heavy (non-hydrogen) atoms. The average Bonchev–Trinajstić information content (AvgIpc) is 2.19. The van der Waals surface area contributed by atoms with E-state index in [0.717, 1.165) is 10.8 Å². The maximum Gasteiger partial charge on any atom is 0.194 e. The molecule has 2 N–H and O–H groups in total. The van der Waals surface area contributed by atoms with Crippen LogP contribution in [-0.4, -0.2) is 16.5 Å². The largest absolute Gasteiger partial charge is 0.507 e. The highest BCUT2D eigenvalue weighted by molar-refractivity contribution is 5.92. The van der Waals surface area contributed by atoms with Gasteiger partial charge in [-0.1, -0.05) is 24.3 Å². The molecule has 2 aromatic carbocycles. The predicted octanol–water partition coefficient (Wildman–Crippen LogP) is 2.26. The van der Waals surface area contributed by atoms with Crippen LogP contribution in [0.25, 0.3) is 10.8 Å². The molecule has 0 heterocycles. The van der Waals surface area contributed by atoms with E-state index in [1.54, 1.807) is 37.3 Å². The Kier molecular flexibility index (Phi) is 2.47. The molecule has 0 aliphatic heterocycles. The van der Waals surface area contributed by atoms with Crippen molar-refractivity contribution in [2.24, 2.45) is 0 Å². The number of phenolic OH excluding ortho intramolecular Hbond substituents is 1. The van der Waals surface area contributed by atoms with E-state index in [0.29, 0.717) is 5.75 Å². The zero-order valence-corrected chi connectivity index (χ0v) is 8.34. The first-order valence-electron chi connectivity index (χ1n) is 4.74. The Balaban J connectivity index is 2.61. The zero-order chi connectivity index (χ0) is 10.8. The van der Waals surface area contributed by atoms with Crippen molar-refractivity contribution in [1.29, 1.82) is 0 Å². The summed E-state index contributed by atoms with van der Waals surface area (Å²) in [6, 6.07) is 10.5. The number of hydrogen-bond donors (Lipinski definition) is 2. The summed E-state index contributed by atoms with van der Waals surface area (Å²) >= 11 is 0. The van der Waals surface area contributed by atoms with Crippen molar-refractivity contribution in [3.8, 4) is 11.5 Å². The van der Waals surface area contributed by atoms with E-state index in [4.69, 9.17) is 9.84 Å². The van der Waals surface area contributed by atoms with Crippen molar-refractivity contribution in [2.75, 3.05) is 0 Å². The van der Waals surface area contributed by atoms with E-state index in [2.05, 4.69) is 0 Å². The normalized spacial score (nSPS) is 12.7. The van der Waals surface area contributed by atoms with Gasteiger partial charge in [-0.25, -0.2) is 0 Å². The molecule has 1 atom stereocenters. The van der Waals surface area contributed by atoms with E-state index >= 15 is 0 Å². The van der Waals surface area contributed by atoms with Crippen LogP contribution in [0.4, 0.5) is 0 Å². The van der Waals surface area contributed by atoms with Gasteiger partial charge in [-0.3, -0.25) is 0 Å². The van der Waals surface area contributed by atoms with Gasteiger partial charge < -0.3 is 14.9 Å². The highest BCUT2D eigenvalue weighted by Crippen LogP contribution is 2.31. The summed E-state index contributed by atoms with van der Waals surface area (Å²) in [5.74, 6) is 0.780. The molecule has 0 aliphatic rings. The Bertz CT molecular complexity index is 477. The summed E-state index contributed by atoms with van der Waals surface area (Å²) in [5, 5.41) is 20.3. The topological polar surface area (TPSA) is 49.7 Å². The molecular formula is C12H12O3. The number of aromatic hydroxyl groups is 1. The van der Waals surface area contributed by atoms with Crippen LogP contribution in [0.1, 0.15) is 6.92 Å². The van der Waals surface area contributed by atoms with Gasteiger partial charge in [0, 0.05) is 10.8 Å². The van der Waals surface area contributed by atoms with Crippen LogP contribution in [0, 0.1) is 0 Å². The number of hydrogen-bond acceptors (Lipinski definition) is 3. The van der Waals surface area contributed by atoms with Crippen molar-refractivity contribution in [2.45, 2.75) is 13.2 Å². The van der Waals surface area contributed by atoms with Gasteiger partial charge in [0.25, 0.3) is 0 Å². The zero-order valence-electron chi connectivity index (χ0n) is 8.34. The number of aliphatic hydroxyl groups excluding tert-OH is 1. The summed E-state index contributed by atoms with van der Waals surface area (Å²) < 4.78 is 5.23. The fourth-order valence-electron chi connectivity index (χ4n) is 1.55. The number of benzene rings is 2. The fourth-order valence-corrected chi connectivity index (χ4v) is 1.55. The van der Waals surface area contributed by atoms with E-state index < -0.39 is 6.29 Å². The predicted molar refractivity (Wildman–Crippen MR) is 57.9 cm³/mol. The van der Waals surface area contributed by atoms with Crippen molar-refractivity contribution in [1.82, 2.24) is 0 Å². The molecule has 0 aliphatic carbocycles. The molecule has 0 radical (unpaired) electrons. The van der Waals surface area contributed by atoms with Crippen LogP contribution >= 0.6 is 0 Å². The Morgan fingerprint density at radius 1 is 1.07 bits per heavy atom. The van der Waals surface area contributed by atoms with Crippen molar-refractivity contribution < 1.29 is 14.9 Å². The van der Waals surface area contributed by atoms with Crippen LogP contribution in [0.2, 0.25) is 0 Å². The lowest BCUT2D eigenvalue weighted by atomic mass is 10.1. The van der Waals surface area contributed by atoms with Gasteiger partial charge in [-0.05, 0) is 19.1 Å². The van der Waals surface area contributed by atoms with Gasteiger partial charge in [0.2, 0.25) is 0 Å². The molecule has 2 rings (SSSR count). The second kappa shape index (κ2) is 3.79. The number of ether oxygens (including phenoxy) is 1. The second-order valence-electron chi connectivity index (χ2n) is 3.35. The summed E-state index contributed by atoms with van der Waals surface area (Å²) in [5.41, 5.74) is 0. The lowest BCUT2D eigenvalue weighted by Gasteiger charge is -2.11. The highest BCUT2D eigenvalue weighted by atomic mass is 16.6. The number of fused-ring (bicyclic) bond motifs is 1. The molecule has 2 aromatic rings. The second-order valence-corrected chi connectivity index (χ2v) is 3.35. The third-order valence-corrected chi connectivity index (χ3v) is 2.16. The quantitative estimate of drug-likeness (QED) is 0.738. The van der Waals surface area contributed by atoms with Crippen molar-refractivity contribution >= 4 is 10.8 Å². The molecule has 78 valence electrons. The van der Waals surface area contributed by atoms with Crippen molar-refractivity contribution in [3.63, 3.8) is 0 Å². The number of rotatable bonds is 2. The smallest absolute Gasteiger partial charge is 0.194 e. The third kappa shape index (κ3) is 1.87. The van der Waals surface area contributed by atoms with E-state index in [1.165, 1.54) is 0 Å². The van der Waals surface area contributed by atoms with Crippen LogP contribution in [0.15, 0.2) is 36.4 Å². The Hall–Kier alpha value is -1.74. The minimum Gasteiger partial charge on any atom is -0.507 e.